The highest BCUT2D eigenvalue weighted by atomic mass is 35.5. The number of aryl methyl sites for hydroxylation is 1. The van der Waals surface area contributed by atoms with Crippen LogP contribution in [-0.2, 0) is 4.79 Å². The zero-order valence-corrected chi connectivity index (χ0v) is 11.6. The van der Waals surface area contributed by atoms with Crippen molar-refractivity contribution >= 4 is 23.2 Å². The molecule has 0 aliphatic carbocycles. The Morgan fingerprint density at radius 2 is 2.06 bits per heavy atom. The maximum atomic E-state index is 11.2. The number of carbonyl (C=O) groups excluding carboxylic acids is 1. The molecule has 0 aromatic heterocycles. The lowest BCUT2D eigenvalue weighted by molar-refractivity contribution is -0.129. The van der Waals surface area contributed by atoms with Gasteiger partial charge in [-0.25, -0.2) is 0 Å². The molecule has 0 saturated carbocycles. The summed E-state index contributed by atoms with van der Waals surface area (Å²) >= 11 is 6.17. The zero-order chi connectivity index (χ0) is 13.1. The van der Waals surface area contributed by atoms with Gasteiger partial charge in [0, 0.05) is 26.1 Å². The van der Waals surface area contributed by atoms with E-state index in [1.54, 1.807) is 6.92 Å². The topological polar surface area (TPSA) is 32.3 Å². The summed E-state index contributed by atoms with van der Waals surface area (Å²) in [6.45, 7) is 5.35. The van der Waals surface area contributed by atoms with Crippen molar-refractivity contribution < 1.29 is 4.79 Å². The van der Waals surface area contributed by atoms with Gasteiger partial charge < -0.3 is 10.2 Å². The molecular formula is C14H19ClN2O. The predicted octanol–water partition coefficient (Wildman–Crippen LogP) is 3.07. The second kappa shape index (κ2) is 5.61. The number of nitrogens with one attached hydrogen (secondary N) is 1. The molecule has 0 unspecified atom stereocenters. The first-order valence-electron chi connectivity index (χ1n) is 6.34. The molecule has 18 heavy (non-hydrogen) atoms. The van der Waals surface area contributed by atoms with E-state index in [-0.39, 0.29) is 5.91 Å². The van der Waals surface area contributed by atoms with E-state index in [0.29, 0.717) is 6.04 Å². The molecule has 0 atom stereocenters. The lowest BCUT2D eigenvalue weighted by Gasteiger charge is -2.32. The van der Waals surface area contributed by atoms with E-state index in [4.69, 9.17) is 11.6 Å². The molecule has 2 rings (SSSR count). The molecule has 1 N–H and O–H groups in total. The number of amides is 1. The van der Waals surface area contributed by atoms with E-state index < -0.39 is 0 Å². The van der Waals surface area contributed by atoms with Crippen molar-refractivity contribution in [1.29, 1.82) is 0 Å². The maximum Gasteiger partial charge on any atom is 0.219 e. The Balaban J connectivity index is 1.95. The number of carbonyl (C=O) groups is 1. The molecule has 0 spiro atoms. The first-order chi connectivity index (χ1) is 8.56. The molecule has 1 aliphatic rings. The molecule has 0 radical (unpaired) electrons. The summed E-state index contributed by atoms with van der Waals surface area (Å²) in [7, 11) is 0. The van der Waals surface area contributed by atoms with E-state index >= 15 is 0 Å². The monoisotopic (exact) mass is 266 g/mol. The molecule has 1 saturated heterocycles. The highest BCUT2D eigenvalue weighted by Crippen LogP contribution is 2.25. The minimum Gasteiger partial charge on any atom is -0.381 e. The Kier molecular flexibility index (Phi) is 4.12. The summed E-state index contributed by atoms with van der Waals surface area (Å²) in [6, 6.07) is 6.40. The molecule has 1 aliphatic heterocycles. The SMILES string of the molecule is CC(=O)N1CCC(Nc2cc(C)ccc2Cl)CC1. The number of rotatable bonds is 2. The van der Waals surface area contributed by atoms with Crippen LogP contribution >= 0.6 is 11.6 Å². The van der Waals surface area contributed by atoms with Crippen LogP contribution in [0, 0.1) is 6.92 Å². The van der Waals surface area contributed by atoms with E-state index in [2.05, 4.69) is 18.3 Å². The Bertz CT molecular complexity index is 439. The molecule has 1 fully saturated rings. The summed E-state index contributed by atoms with van der Waals surface area (Å²) in [4.78, 5) is 13.1. The van der Waals surface area contributed by atoms with Crippen LogP contribution < -0.4 is 5.32 Å². The van der Waals surface area contributed by atoms with Crippen molar-refractivity contribution in [2.75, 3.05) is 18.4 Å². The van der Waals surface area contributed by atoms with Gasteiger partial charge in [-0.05, 0) is 37.5 Å². The molecular weight excluding hydrogens is 248 g/mol. The number of piperidine rings is 1. The smallest absolute Gasteiger partial charge is 0.219 e. The van der Waals surface area contributed by atoms with Crippen LogP contribution in [0.1, 0.15) is 25.3 Å². The number of anilines is 1. The Labute approximate surface area is 113 Å². The third kappa shape index (κ3) is 3.16. The molecule has 1 amide bonds. The van der Waals surface area contributed by atoms with Gasteiger partial charge in [0.1, 0.15) is 0 Å². The van der Waals surface area contributed by atoms with Crippen LogP contribution in [0.3, 0.4) is 0 Å². The van der Waals surface area contributed by atoms with Crippen LogP contribution in [0.15, 0.2) is 18.2 Å². The maximum absolute atomic E-state index is 11.2. The van der Waals surface area contributed by atoms with Crippen LogP contribution in [0.4, 0.5) is 5.69 Å². The number of likely N-dealkylation sites (tertiary alicyclic amines) is 1. The standard InChI is InChI=1S/C14H19ClN2O/c1-10-3-4-13(15)14(9-10)16-12-5-7-17(8-6-12)11(2)18/h3-4,9,12,16H,5-8H2,1-2H3. The second-order valence-corrected chi connectivity index (χ2v) is 5.32. The van der Waals surface area contributed by atoms with Gasteiger partial charge in [-0.1, -0.05) is 17.7 Å². The minimum absolute atomic E-state index is 0.169. The number of hydrogen-bond acceptors (Lipinski definition) is 2. The van der Waals surface area contributed by atoms with Gasteiger partial charge in [-0.3, -0.25) is 4.79 Å². The van der Waals surface area contributed by atoms with Crippen LogP contribution in [0.25, 0.3) is 0 Å². The Hall–Kier alpha value is -1.22. The van der Waals surface area contributed by atoms with Crippen molar-refractivity contribution in [2.45, 2.75) is 32.7 Å². The van der Waals surface area contributed by atoms with Gasteiger partial charge in [0.05, 0.1) is 10.7 Å². The zero-order valence-electron chi connectivity index (χ0n) is 10.9. The highest BCUT2D eigenvalue weighted by Gasteiger charge is 2.20. The van der Waals surface area contributed by atoms with Crippen LogP contribution in [0.2, 0.25) is 5.02 Å². The molecule has 1 heterocycles. The minimum atomic E-state index is 0.169. The summed E-state index contributed by atoms with van der Waals surface area (Å²) in [6.07, 6.45) is 1.95. The largest absolute Gasteiger partial charge is 0.381 e. The fourth-order valence-corrected chi connectivity index (χ4v) is 2.48. The molecule has 0 bridgehead atoms. The van der Waals surface area contributed by atoms with E-state index in [1.165, 1.54) is 5.56 Å². The normalized spacial score (nSPS) is 16.7. The summed E-state index contributed by atoms with van der Waals surface area (Å²) in [5.74, 6) is 0.169. The van der Waals surface area contributed by atoms with Crippen molar-refractivity contribution in [3.63, 3.8) is 0 Å². The number of hydrogen-bond donors (Lipinski definition) is 1. The van der Waals surface area contributed by atoms with Crippen molar-refractivity contribution in [2.24, 2.45) is 0 Å². The van der Waals surface area contributed by atoms with Crippen molar-refractivity contribution in [1.82, 2.24) is 4.90 Å². The lowest BCUT2D eigenvalue weighted by Crippen LogP contribution is -2.41. The fraction of sp³-hybridized carbons (Fsp3) is 0.500. The van der Waals surface area contributed by atoms with Gasteiger partial charge in [0.25, 0.3) is 0 Å². The molecule has 4 heteroatoms. The number of benzene rings is 1. The van der Waals surface area contributed by atoms with Crippen molar-refractivity contribution in [3.05, 3.63) is 28.8 Å². The third-order valence-corrected chi connectivity index (χ3v) is 3.75. The van der Waals surface area contributed by atoms with Crippen LogP contribution in [-0.4, -0.2) is 29.9 Å². The second-order valence-electron chi connectivity index (χ2n) is 4.91. The first-order valence-corrected chi connectivity index (χ1v) is 6.72. The van der Waals surface area contributed by atoms with Gasteiger partial charge in [0.2, 0.25) is 5.91 Å². The van der Waals surface area contributed by atoms with E-state index in [0.717, 1.165) is 36.6 Å². The van der Waals surface area contributed by atoms with Gasteiger partial charge in [-0.2, -0.15) is 0 Å². The molecule has 1 aromatic carbocycles. The summed E-state index contributed by atoms with van der Waals surface area (Å²) < 4.78 is 0. The van der Waals surface area contributed by atoms with Crippen LogP contribution in [0.5, 0.6) is 0 Å². The van der Waals surface area contributed by atoms with E-state index in [9.17, 15) is 4.79 Å². The summed E-state index contributed by atoms with van der Waals surface area (Å²) in [5, 5.41) is 4.24. The van der Waals surface area contributed by atoms with E-state index in [1.807, 2.05) is 17.0 Å². The fourth-order valence-electron chi connectivity index (χ4n) is 2.31. The third-order valence-electron chi connectivity index (χ3n) is 3.42. The van der Waals surface area contributed by atoms with Crippen molar-refractivity contribution in [3.8, 4) is 0 Å². The quantitative estimate of drug-likeness (QED) is 0.892. The van der Waals surface area contributed by atoms with Gasteiger partial charge in [0.15, 0.2) is 0 Å². The molecule has 3 nitrogen and oxygen atoms in total. The summed E-state index contributed by atoms with van der Waals surface area (Å²) in [5.41, 5.74) is 2.20. The number of nitrogens with zero attached hydrogens (tertiary/aromatic N) is 1. The average molecular weight is 267 g/mol. The van der Waals surface area contributed by atoms with Gasteiger partial charge >= 0.3 is 0 Å². The Morgan fingerprint density at radius 1 is 1.39 bits per heavy atom. The first kappa shape index (κ1) is 13.2. The molecule has 98 valence electrons. The number of halogens is 1. The lowest BCUT2D eigenvalue weighted by atomic mass is 10.0. The van der Waals surface area contributed by atoms with Gasteiger partial charge in [-0.15, -0.1) is 0 Å². The highest BCUT2D eigenvalue weighted by molar-refractivity contribution is 6.33. The predicted molar refractivity (Wildman–Crippen MR) is 75.1 cm³/mol. The molecule has 1 aromatic rings. The Morgan fingerprint density at radius 3 is 2.67 bits per heavy atom. The average Bonchev–Trinajstić information content (AvgIpc) is 2.34.